The molecule has 2 heteroatoms. The van der Waals surface area contributed by atoms with Crippen LogP contribution in [0.5, 0.6) is 0 Å². The summed E-state index contributed by atoms with van der Waals surface area (Å²) in [6, 6.07) is 6.44. The van der Waals surface area contributed by atoms with E-state index in [0.29, 0.717) is 0 Å². The molecular weight excluding hydrogens is 179 g/mol. The third-order valence-electron chi connectivity index (χ3n) is 2.07. The second-order valence-corrected chi connectivity index (χ2v) is 3.28. The van der Waals surface area contributed by atoms with Crippen molar-refractivity contribution in [3.8, 4) is 0 Å². The zero-order valence-electron chi connectivity index (χ0n) is 8.16. The minimum Gasteiger partial charge on any atom is -0.299 e. The Morgan fingerprint density at radius 1 is 1.36 bits per heavy atom. The van der Waals surface area contributed by atoms with E-state index in [2.05, 4.69) is 0 Å². The van der Waals surface area contributed by atoms with Crippen LogP contribution in [0.15, 0.2) is 35.9 Å². The van der Waals surface area contributed by atoms with Crippen LogP contribution < -0.4 is 0 Å². The summed E-state index contributed by atoms with van der Waals surface area (Å²) in [6.07, 6.45) is 4.03. The molecule has 0 aromatic heterocycles. The molecule has 14 heavy (non-hydrogen) atoms. The van der Waals surface area contributed by atoms with E-state index in [1.807, 2.05) is 6.92 Å². The Labute approximate surface area is 83.3 Å². The second kappa shape index (κ2) is 5.32. The fraction of sp³-hybridized carbons (Fsp3) is 0.250. The molecule has 0 fully saturated rings. The van der Waals surface area contributed by atoms with Crippen LogP contribution in [0.4, 0.5) is 4.39 Å². The molecule has 0 saturated carbocycles. The molecule has 0 unspecified atom stereocenters. The van der Waals surface area contributed by atoms with Gasteiger partial charge < -0.3 is 0 Å². The number of carbonyl (C=O) groups excluding carboxylic acids is 1. The van der Waals surface area contributed by atoms with Gasteiger partial charge in [-0.25, -0.2) is 4.39 Å². The van der Waals surface area contributed by atoms with Crippen LogP contribution in [-0.2, 0) is 11.2 Å². The normalized spacial score (nSPS) is 11.4. The molecule has 0 bridgehead atoms. The molecule has 0 aliphatic rings. The Bertz CT molecular complexity index is 325. The van der Waals surface area contributed by atoms with Gasteiger partial charge in [-0.15, -0.1) is 0 Å². The predicted octanol–water partition coefficient (Wildman–Crippen LogP) is 2.90. The Morgan fingerprint density at radius 2 is 2.00 bits per heavy atom. The second-order valence-electron chi connectivity index (χ2n) is 3.28. The van der Waals surface area contributed by atoms with E-state index in [1.54, 1.807) is 18.2 Å². The Hall–Kier alpha value is -1.44. The van der Waals surface area contributed by atoms with Crippen molar-refractivity contribution in [3.05, 3.63) is 47.3 Å². The Morgan fingerprint density at radius 3 is 2.57 bits per heavy atom. The summed E-state index contributed by atoms with van der Waals surface area (Å²) in [5.41, 5.74) is 2.13. The summed E-state index contributed by atoms with van der Waals surface area (Å²) >= 11 is 0. The Balaban J connectivity index is 2.49. The van der Waals surface area contributed by atoms with Gasteiger partial charge >= 0.3 is 0 Å². The molecule has 0 atom stereocenters. The number of carbonyl (C=O) groups is 1. The largest absolute Gasteiger partial charge is 0.299 e. The van der Waals surface area contributed by atoms with Gasteiger partial charge in [0, 0.05) is 0 Å². The lowest BCUT2D eigenvalue weighted by Crippen LogP contribution is -1.87. The number of hydrogen-bond donors (Lipinski definition) is 0. The van der Waals surface area contributed by atoms with Gasteiger partial charge in [0.2, 0.25) is 0 Å². The highest BCUT2D eigenvalue weighted by atomic mass is 19.1. The molecule has 0 spiro atoms. The first-order valence-corrected chi connectivity index (χ1v) is 4.58. The molecule has 0 radical (unpaired) electrons. The smallest absolute Gasteiger partial charge is 0.142 e. The van der Waals surface area contributed by atoms with Crippen molar-refractivity contribution in [3.63, 3.8) is 0 Å². The van der Waals surface area contributed by atoms with Gasteiger partial charge in [0.25, 0.3) is 0 Å². The fourth-order valence-electron chi connectivity index (χ4n) is 1.19. The highest BCUT2D eigenvalue weighted by molar-refractivity contribution is 5.65. The van der Waals surface area contributed by atoms with Crippen LogP contribution in [0.2, 0.25) is 0 Å². The van der Waals surface area contributed by atoms with E-state index in [-0.39, 0.29) is 5.82 Å². The number of rotatable bonds is 4. The maximum absolute atomic E-state index is 12.5. The average Bonchev–Trinajstić information content (AvgIpc) is 2.17. The van der Waals surface area contributed by atoms with Gasteiger partial charge in [-0.05, 0) is 43.5 Å². The molecule has 0 aliphatic heterocycles. The maximum Gasteiger partial charge on any atom is 0.142 e. The van der Waals surface area contributed by atoms with Crippen LogP contribution in [0, 0.1) is 5.82 Å². The minimum absolute atomic E-state index is 0.214. The van der Waals surface area contributed by atoms with E-state index < -0.39 is 0 Å². The van der Waals surface area contributed by atoms with Crippen molar-refractivity contribution in [1.29, 1.82) is 0 Å². The summed E-state index contributed by atoms with van der Waals surface area (Å²) in [7, 11) is 0. The van der Waals surface area contributed by atoms with Gasteiger partial charge in [0.05, 0.1) is 0 Å². The lowest BCUT2D eigenvalue weighted by atomic mass is 10.1. The van der Waals surface area contributed by atoms with E-state index in [4.69, 9.17) is 0 Å². The maximum atomic E-state index is 12.5. The number of hydrogen-bond acceptors (Lipinski definition) is 1. The summed E-state index contributed by atoms with van der Waals surface area (Å²) < 4.78 is 12.5. The summed E-state index contributed by atoms with van der Waals surface area (Å²) in [4.78, 5) is 10.1. The highest BCUT2D eigenvalue weighted by Gasteiger charge is 1.95. The molecule has 0 N–H and O–H groups in total. The van der Waals surface area contributed by atoms with Crippen LogP contribution >= 0.6 is 0 Å². The van der Waals surface area contributed by atoms with Gasteiger partial charge in [-0.2, -0.15) is 0 Å². The molecule has 0 saturated heterocycles. The van der Waals surface area contributed by atoms with Crippen LogP contribution in [-0.4, -0.2) is 6.29 Å². The first kappa shape index (κ1) is 10.6. The van der Waals surface area contributed by atoms with Crippen molar-refractivity contribution < 1.29 is 9.18 Å². The van der Waals surface area contributed by atoms with Crippen LogP contribution in [0.1, 0.15) is 18.9 Å². The first-order valence-electron chi connectivity index (χ1n) is 4.58. The SMILES string of the molecule is C/C(=C\C=O)CCc1ccc(F)cc1. The summed E-state index contributed by atoms with van der Waals surface area (Å²) in [5, 5.41) is 0. The highest BCUT2D eigenvalue weighted by Crippen LogP contribution is 2.09. The lowest BCUT2D eigenvalue weighted by molar-refractivity contribution is -0.104. The molecule has 0 amide bonds. The van der Waals surface area contributed by atoms with Crippen molar-refractivity contribution in [2.75, 3.05) is 0 Å². The van der Waals surface area contributed by atoms with Crippen molar-refractivity contribution in [2.45, 2.75) is 19.8 Å². The van der Waals surface area contributed by atoms with Gasteiger partial charge in [0.15, 0.2) is 0 Å². The van der Waals surface area contributed by atoms with Crippen LogP contribution in [0.3, 0.4) is 0 Å². The molecular formula is C12H13FO. The third-order valence-corrected chi connectivity index (χ3v) is 2.07. The molecule has 1 aromatic rings. The monoisotopic (exact) mass is 192 g/mol. The first-order chi connectivity index (χ1) is 6.72. The van der Waals surface area contributed by atoms with E-state index in [9.17, 15) is 9.18 Å². The van der Waals surface area contributed by atoms with Crippen LogP contribution in [0.25, 0.3) is 0 Å². The van der Waals surface area contributed by atoms with Gasteiger partial charge in [-0.3, -0.25) is 4.79 Å². The number of aldehydes is 1. The molecule has 0 aliphatic carbocycles. The number of aryl methyl sites for hydroxylation is 1. The quantitative estimate of drug-likeness (QED) is 0.529. The summed E-state index contributed by atoms with van der Waals surface area (Å²) in [5.74, 6) is -0.214. The molecule has 1 rings (SSSR count). The van der Waals surface area contributed by atoms with Crippen molar-refractivity contribution in [2.24, 2.45) is 0 Å². The molecule has 1 nitrogen and oxygen atoms in total. The number of halogens is 1. The predicted molar refractivity (Wildman–Crippen MR) is 54.5 cm³/mol. The molecule has 1 aromatic carbocycles. The van der Waals surface area contributed by atoms with Crippen molar-refractivity contribution in [1.82, 2.24) is 0 Å². The topological polar surface area (TPSA) is 17.1 Å². The zero-order valence-corrected chi connectivity index (χ0v) is 8.16. The molecule has 74 valence electrons. The average molecular weight is 192 g/mol. The van der Waals surface area contributed by atoms with Gasteiger partial charge in [0.1, 0.15) is 12.1 Å². The van der Waals surface area contributed by atoms with Gasteiger partial charge in [-0.1, -0.05) is 17.7 Å². The third kappa shape index (κ3) is 3.52. The van der Waals surface area contributed by atoms with E-state index in [1.165, 1.54) is 12.1 Å². The number of benzene rings is 1. The van der Waals surface area contributed by atoms with Crippen molar-refractivity contribution >= 4 is 6.29 Å². The van der Waals surface area contributed by atoms with E-state index in [0.717, 1.165) is 30.3 Å². The van der Waals surface area contributed by atoms with E-state index >= 15 is 0 Å². The number of allylic oxidation sites excluding steroid dienone is 2. The summed E-state index contributed by atoms with van der Waals surface area (Å²) in [6.45, 7) is 1.91. The lowest BCUT2D eigenvalue weighted by Gasteiger charge is -2.00. The fourth-order valence-corrected chi connectivity index (χ4v) is 1.19. The standard InChI is InChI=1S/C12H13FO/c1-10(8-9-14)2-3-11-4-6-12(13)7-5-11/h4-9H,2-3H2,1H3/b10-8+. The minimum atomic E-state index is -0.214. The molecule has 0 heterocycles. The Kier molecular flexibility index (Phi) is 4.05. The zero-order chi connectivity index (χ0) is 10.4.